The van der Waals surface area contributed by atoms with Gasteiger partial charge in [-0.3, -0.25) is 4.79 Å². The lowest BCUT2D eigenvalue weighted by molar-refractivity contribution is -0.144. The highest BCUT2D eigenvalue weighted by atomic mass is 35.5. The van der Waals surface area contributed by atoms with E-state index in [0.29, 0.717) is 11.6 Å². The molecule has 0 fully saturated rings. The number of benzene rings is 1. The Labute approximate surface area is 88.8 Å². The summed E-state index contributed by atoms with van der Waals surface area (Å²) in [6, 6.07) is 7.22. The number of carbonyl (C=O) groups is 1. The summed E-state index contributed by atoms with van der Waals surface area (Å²) < 4.78 is 4.92. The van der Waals surface area contributed by atoms with Crippen LogP contribution in [0.2, 0.25) is 5.02 Å². The van der Waals surface area contributed by atoms with Crippen LogP contribution < -0.4 is 0 Å². The standard InChI is InChI=1S/C11H13ClO2/c1-3-14-11(13)8(2)9-4-6-10(12)7-5-9/h4-8H,3H2,1-2H3/t8-/m0/s1. The van der Waals surface area contributed by atoms with Gasteiger partial charge in [0, 0.05) is 5.02 Å². The quantitative estimate of drug-likeness (QED) is 0.720. The summed E-state index contributed by atoms with van der Waals surface area (Å²) >= 11 is 5.74. The van der Waals surface area contributed by atoms with Crippen LogP contribution in [0, 0.1) is 0 Å². The maximum Gasteiger partial charge on any atom is 0.313 e. The fraction of sp³-hybridized carbons (Fsp3) is 0.364. The van der Waals surface area contributed by atoms with Crippen molar-refractivity contribution in [3.63, 3.8) is 0 Å². The van der Waals surface area contributed by atoms with Crippen LogP contribution in [0.25, 0.3) is 0 Å². The van der Waals surface area contributed by atoms with E-state index in [1.165, 1.54) is 0 Å². The first-order valence-electron chi connectivity index (χ1n) is 4.57. The topological polar surface area (TPSA) is 26.3 Å². The zero-order valence-electron chi connectivity index (χ0n) is 8.29. The Balaban J connectivity index is 2.73. The van der Waals surface area contributed by atoms with Gasteiger partial charge in [0.1, 0.15) is 0 Å². The van der Waals surface area contributed by atoms with Crippen LogP contribution in [0.3, 0.4) is 0 Å². The minimum atomic E-state index is -0.229. The van der Waals surface area contributed by atoms with E-state index in [0.717, 1.165) is 5.56 Å². The van der Waals surface area contributed by atoms with Crippen LogP contribution in [0.5, 0.6) is 0 Å². The number of hydrogen-bond donors (Lipinski definition) is 0. The zero-order chi connectivity index (χ0) is 10.6. The van der Waals surface area contributed by atoms with Gasteiger partial charge in [-0.2, -0.15) is 0 Å². The molecule has 3 heteroatoms. The molecule has 0 aliphatic rings. The maximum absolute atomic E-state index is 11.4. The van der Waals surface area contributed by atoms with Crippen molar-refractivity contribution >= 4 is 17.6 Å². The minimum absolute atomic E-state index is 0.199. The normalized spacial score (nSPS) is 12.2. The molecule has 76 valence electrons. The fourth-order valence-electron chi connectivity index (χ4n) is 1.15. The first-order chi connectivity index (χ1) is 6.65. The minimum Gasteiger partial charge on any atom is -0.466 e. The molecule has 14 heavy (non-hydrogen) atoms. The molecule has 1 atom stereocenters. The molecule has 0 heterocycles. The highest BCUT2D eigenvalue weighted by Gasteiger charge is 2.15. The van der Waals surface area contributed by atoms with Gasteiger partial charge in [-0.25, -0.2) is 0 Å². The van der Waals surface area contributed by atoms with Gasteiger partial charge in [-0.05, 0) is 31.5 Å². The van der Waals surface area contributed by atoms with Crippen molar-refractivity contribution in [1.82, 2.24) is 0 Å². The second-order valence-corrected chi connectivity index (χ2v) is 3.46. The van der Waals surface area contributed by atoms with Crippen LogP contribution >= 0.6 is 11.6 Å². The highest BCUT2D eigenvalue weighted by Crippen LogP contribution is 2.19. The Kier molecular flexibility index (Phi) is 3.96. The summed E-state index contributed by atoms with van der Waals surface area (Å²) in [5.74, 6) is -0.429. The molecular weight excluding hydrogens is 200 g/mol. The van der Waals surface area contributed by atoms with Gasteiger partial charge in [0.05, 0.1) is 12.5 Å². The average Bonchev–Trinajstić information content (AvgIpc) is 2.18. The van der Waals surface area contributed by atoms with Crippen molar-refractivity contribution in [2.24, 2.45) is 0 Å². The molecule has 0 aromatic heterocycles. The lowest BCUT2D eigenvalue weighted by Gasteiger charge is -2.10. The Morgan fingerprint density at radius 2 is 2.00 bits per heavy atom. The van der Waals surface area contributed by atoms with Gasteiger partial charge in [-0.1, -0.05) is 23.7 Å². The molecule has 0 saturated heterocycles. The number of halogens is 1. The van der Waals surface area contributed by atoms with Gasteiger partial charge in [-0.15, -0.1) is 0 Å². The summed E-state index contributed by atoms with van der Waals surface area (Å²) in [6.07, 6.45) is 0. The van der Waals surface area contributed by atoms with Crippen molar-refractivity contribution in [3.8, 4) is 0 Å². The SMILES string of the molecule is CCOC(=O)[C@@H](C)c1ccc(Cl)cc1. The van der Waals surface area contributed by atoms with Crippen LogP contribution in [0.15, 0.2) is 24.3 Å². The molecule has 0 aliphatic heterocycles. The van der Waals surface area contributed by atoms with Crippen LogP contribution in [0.4, 0.5) is 0 Å². The lowest BCUT2D eigenvalue weighted by Crippen LogP contribution is -2.12. The van der Waals surface area contributed by atoms with E-state index in [9.17, 15) is 4.79 Å². The Hall–Kier alpha value is -1.02. The second-order valence-electron chi connectivity index (χ2n) is 3.03. The lowest BCUT2D eigenvalue weighted by atomic mass is 10.0. The molecule has 0 spiro atoms. The summed E-state index contributed by atoms with van der Waals surface area (Å²) in [5, 5.41) is 0.671. The van der Waals surface area contributed by atoms with Crippen LogP contribution in [-0.2, 0) is 9.53 Å². The molecule has 1 rings (SSSR count). The van der Waals surface area contributed by atoms with Gasteiger partial charge in [0.15, 0.2) is 0 Å². The van der Waals surface area contributed by atoms with E-state index in [1.807, 2.05) is 19.1 Å². The van der Waals surface area contributed by atoms with E-state index >= 15 is 0 Å². The fourth-order valence-corrected chi connectivity index (χ4v) is 1.28. The van der Waals surface area contributed by atoms with E-state index in [2.05, 4.69) is 0 Å². The van der Waals surface area contributed by atoms with E-state index in [4.69, 9.17) is 16.3 Å². The third kappa shape index (κ3) is 2.74. The summed E-state index contributed by atoms with van der Waals surface area (Å²) in [7, 11) is 0. The van der Waals surface area contributed by atoms with Gasteiger partial charge in [0.25, 0.3) is 0 Å². The average molecular weight is 213 g/mol. The molecule has 2 nitrogen and oxygen atoms in total. The summed E-state index contributed by atoms with van der Waals surface area (Å²) in [6.45, 7) is 4.03. The molecule has 0 bridgehead atoms. The molecule has 0 amide bonds. The predicted octanol–water partition coefficient (Wildman–Crippen LogP) is 3.01. The number of rotatable bonds is 3. The second kappa shape index (κ2) is 5.01. The van der Waals surface area contributed by atoms with E-state index < -0.39 is 0 Å². The van der Waals surface area contributed by atoms with Crippen LogP contribution in [0.1, 0.15) is 25.3 Å². The molecular formula is C11H13ClO2. The molecule has 0 N–H and O–H groups in total. The monoisotopic (exact) mass is 212 g/mol. The zero-order valence-corrected chi connectivity index (χ0v) is 9.04. The number of hydrogen-bond acceptors (Lipinski definition) is 2. The summed E-state index contributed by atoms with van der Waals surface area (Å²) in [5.41, 5.74) is 0.924. The molecule has 0 radical (unpaired) electrons. The van der Waals surface area contributed by atoms with Crippen molar-refractivity contribution < 1.29 is 9.53 Å². The van der Waals surface area contributed by atoms with Crippen molar-refractivity contribution in [3.05, 3.63) is 34.9 Å². The molecule has 0 aliphatic carbocycles. The Bertz CT molecular complexity index is 306. The number of carbonyl (C=O) groups excluding carboxylic acids is 1. The Morgan fingerprint density at radius 1 is 1.43 bits per heavy atom. The molecule has 0 saturated carbocycles. The highest BCUT2D eigenvalue weighted by molar-refractivity contribution is 6.30. The largest absolute Gasteiger partial charge is 0.466 e. The summed E-state index contributed by atoms with van der Waals surface area (Å²) in [4.78, 5) is 11.4. The third-order valence-electron chi connectivity index (χ3n) is 2.01. The molecule has 1 aromatic rings. The number of esters is 1. The first kappa shape index (κ1) is 11.1. The van der Waals surface area contributed by atoms with Crippen molar-refractivity contribution in [1.29, 1.82) is 0 Å². The maximum atomic E-state index is 11.4. The smallest absolute Gasteiger partial charge is 0.313 e. The van der Waals surface area contributed by atoms with Gasteiger partial charge >= 0.3 is 5.97 Å². The van der Waals surface area contributed by atoms with Crippen molar-refractivity contribution in [2.45, 2.75) is 19.8 Å². The third-order valence-corrected chi connectivity index (χ3v) is 2.26. The Morgan fingerprint density at radius 3 is 2.50 bits per heavy atom. The molecule has 0 unspecified atom stereocenters. The van der Waals surface area contributed by atoms with E-state index in [-0.39, 0.29) is 11.9 Å². The number of ether oxygens (including phenoxy) is 1. The van der Waals surface area contributed by atoms with Crippen LogP contribution in [-0.4, -0.2) is 12.6 Å². The molecule has 1 aromatic carbocycles. The first-order valence-corrected chi connectivity index (χ1v) is 4.95. The van der Waals surface area contributed by atoms with Crippen molar-refractivity contribution in [2.75, 3.05) is 6.61 Å². The van der Waals surface area contributed by atoms with E-state index in [1.54, 1.807) is 19.1 Å². The van der Waals surface area contributed by atoms with Gasteiger partial charge < -0.3 is 4.74 Å². The predicted molar refractivity (Wildman–Crippen MR) is 56.5 cm³/mol. The van der Waals surface area contributed by atoms with Gasteiger partial charge in [0.2, 0.25) is 0 Å².